The molecule has 1 aliphatic rings. The smallest absolute Gasteiger partial charge is 0.251 e. The van der Waals surface area contributed by atoms with Gasteiger partial charge < -0.3 is 14.9 Å². The summed E-state index contributed by atoms with van der Waals surface area (Å²) < 4.78 is 6.30. The molecule has 31 heavy (non-hydrogen) atoms. The van der Waals surface area contributed by atoms with Gasteiger partial charge >= 0.3 is 0 Å². The number of aliphatic imine (C=N–C) groups is 1. The molecule has 1 aromatic carbocycles. The summed E-state index contributed by atoms with van der Waals surface area (Å²) in [5.74, 6) is 2.02. The summed E-state index contributed by atoms with van der Waals surface area (Å²) in [5, 5.41) is 20.8. The first kappa shape index (κ1) is 25.5. The minimum absolute atomic E-state index is 0.0338. The van der Waals surface area contributed by atoms with E-state index in [4.69, 9.17) is 9.84 Å². The highest BCUT2D eigenvalue weighted by Crippen LogP contribution is 2.47. The number of nitrogens with zero attached hydrogens (tertiary/aromatic N) is 1. The van der Waals surface area contributed by atoms with Crippen LogP contribution in [0, 0.1) is 5.92 Å². The molecule has 0 saturated carbocycles. The number of rotatable bonds is 10. The molecule has 0 aromatic heterocycles. The van der Waals surface area contributed by atoms with Crippen molar-refractivity contribution in [3.8, 4) is 11.5 Å². The second-order valence-corrected chi connectivity index (χ2v) is 9.58. The van der Waals surface area contributed by atoms with E-state index in [0.717, 1.165) is 54.6 Å². The van der Waals surface area contributed by atoms with Crippen LogP contribution in [0.4, 0.5) is 0 Å². The van der Waals surface area contributed by atoms with Crippen LogP contribution in [0.3, 0.4) is 0 Å². The molecule has 0 saturated heterocycles. The van der Waals surface area contributed by atoms with E-state index in [1.54, 1.807) is 7.05 Å². The molecule has 2 rings (SSSR count). The molecule has 0 heterocycles. The Hall–Kier alpha value is -1.72. The number of unbranched alkanes of at least 4 members (excludes halogenated alkanes) is 2. The fourth-order valence-electron chi connectivity index (χ4n) is 4.17. The van der Waals surface area contributed by atoms with Crippen LogP contribution in [0.25, 0.3) is 0 Å². The summed E-state index contributed by atoms with van der Waals surface area (Å²) in [6.45, 7) is 10.8. The lowest BCUT2D eigenvalue weighted by atomic mass is 9.73. The van der Waals surface area contributed by atoms with Gasteiger partial charge in [0, 0.05) is 30.9 Å². The quantitative estimate of drug-likeness (QED) is 0.184. The van der Waals surface area contributed by atoms with Crippen molar-refractivity contribution in [3.63, 3.8) is 0 Å². The number of phenolic OH excluding ortho intramolecular Hbond substituents is 1. The van der Waals surface area contributed by atoms with Crippen LogP contribution < -0.4 is 4.74 Å². The molecule has 2 atom stereocenters. The van der Waals surface area contributed by atoms with Gasteiger partial charge in [-0.1, -0.05) is 55.3 Å². The fourth-order valence-corrected chi connectivity index (χ4v) is 4.90. The minimum Gasteiger partial charge on any atom is -0.507 e. The van der Waals surface area contributed by atoms with E-state index in [0.29, 0.717) is 23.1 Å². The minimum atomic E-state index is 0.0338. The van der Waals surface area contributed by atoms with Crippen molar-refractivity contribution >= 4 is 17.0 Å². The molecule has 4 nitrogen and oxygen atoms in total. The zero-order valence-corrected chi connectivity index (χ0v) is 20.4. The summed E-state index contributed by atoms with van der Waals surface area (Å²) >= 11 is 1.49. The van der Waals surface area contributed by atoms with Crippen molar-refractivity contribution in [2.75, 3.05) is 19.4 Å². The van der Waals surface area contributed by atoms with Crippen molar-refractivity contribution in [1.82, 2.24) is 0 Å². The number of ether oxygens (including phenoxy) is 1. The second-order valence-electron chi connectivity index (χ2n) is 8.53. The van der Waals surface area contributed by atoms with Gasteiger partial charge in [0.1, 0.15) is 11.5 Å². The van der Waals surface area contributed by atoms with E-state index in [1.807, 2.05) is 6.07 Å². The molecule has 1 aliphatic carbocycles. The molecule has 2 N–H and O–H groups in total. The summed E-state index contributed by atoms with van der Waals surface area (Å²) in [6.07, 6.45) is 9.36. The predicted octanol–water partition coefficient (Wildman–Crippen LogP) is 6.62. The summed E-state index contributed by atoms with van der Waals surface area (Å²) in [6, 6.07) is 3.99. The Morgan fingerprint density at radius 1 is 1.29 bits per heavy atom. The molecular formula is C26H39NO3S. The third-order valence-corrected chi connectivity index (χ3v) is 6.88. The average molecular weight is 446 g/mol. The Bertz CT molecular complexity index is 800. The fraction of sp³-hybridized carbons (Fsp3) is 0.577. The standard InChI is InChI=1S/C26H39NO3S/c1-6-7-8-10-20-16-23(29)25(22-15-19(4)11-12-21(22)18(2)3)24(17-20)30-26(27-5)31-14-9-13-28/h15-17,21-22,28-29H,2,6-14H2,1,3-5H3/b27-26+/t21-,22+/m0/s1. The van der Waals surface area contributed by atoms with E-state index in [9.17, 15) is 5.11 Å². The zero-order chi connectivity index (χ0) is 22.8. The Morgan fingerprint density at radius 2 is 2.06 bits per heavy atom. The van der Waals surface area contributed by atoms with Crippen LogP contribution in [-0.4, -0.2) is 34.9 Å². The SMILES string of the molecule is C=C(C)[C@@H]1CCC(C)=C[C@H]1c1c(O)cc(CCCCC)cc1O/C(=N\C)SCCCO. The average Bonchev–Trinajstić information content (AvgIpc) is 2.73. The first-order chi connectivity index (χ1) is 14.9. The summed E-state index contributed by atoms with van der Waals surface area (Å²) in [5.41, 5.74) is 4.38. The van der Waals surface area contributed by atoms with Crippen molar-refractivity contribution < 1.29 is 14.9 Å². The Balaban J connectivity index is 2.47. The first-order valence-corrected chi connectivity index (χ1v) is 12.5. The van der Waals surface area contributed by atoms with Crippen LogP contribution in [0.5, 0.6) is 11.5 Å². The lowest BCUT2D eigenvalue weighted by Gasteiger charge is -2.32. The number of hydrogen-bond acceptors (Lipinski definition) is 5. The van der Waals surface area contributed by atoms with Crippen LogP contribution in [-0.2, 0) is 6.42 Å². The molecule has 0 spiro atoms. The zero-order valence-electron chi connectivity index (χ0n) is 19.6. The number of thioether (sulfide) groups is 1. The number of hydrogen-bond donors (Lipinski definition) is 2. The molecule has 0 radical (unpaired) electrons. The van der Waals surface area contributed by atoms with Crippen molar-refractivity contribution in [1.29, 1.82) is 0 Å². The third kappa shape index (κ3) is 7.43. The molecule has 5 heteroatoms. The Morgan fingerprint density at radius 3 is 2.71 bits per heavy atom. The molecule has 0 unspecified atom stereocenters. The van der Waals surface area contributed by atoms with Gasteiger partial charge in [-0.3, -0.25) is 0 Å². The molecule has 0 fully saturated rings. The van der Waals surface area contributed by atoms with Crippen molar-refractivity contribution in [2.24, 2.45) is 10.9 Å². The number of phenols is 1. The topological polar surface area (TPSA) is 62.0 Å². The third-order valence-electron chi connectivity index (χ3n) is 5.87. The van der Waals surface area contributed by atoms with Gasteiger partial charge in [0.2, 0.25) is 0 Å². The van der Waals surface area contributed by atoms with Gasteiger partial charge in [0.05, 0.1) is 0 Å². The number of aliphatic hydroxyl groups is 1. The highest BCUT2D eigenvalue weighted by Gasteiger charge is 2.31. The largest absolute Gasteiger partial charge is 0.507 e. The maximum atomic E-state index is 11.1. The van der Waals surface area contributed by atoms with Crippen LogP contribution in [0.2, 0.25) is 0 Å². The van der Waals surface area contributed by atoms with E-state index in [2.05, 4.69) is 44.5 Å². The summed E-state index contributed by atoms with van der Waals surface area (Å²) in [4.78, 5) is 4.31. The Labute approximate surface area is 192 Å². The maximum absolute atomic E-state index is 11.1. The highest BCUT2D eigenvalue weighted by atomic mass is 32.2. The molecular weight excluding hydrogens is 406 g/mol. The van der Waals surface area contributed by atoms with Crippen molar-refractivity contribution in [3.05, 3.63) is 47.1 Å². The van der Waals surface area contributed by atoms with Crippen LogP contribution in [0.15, 0.2) is 40.9 Å². The number of aromatic hydroxyl groups is 1. The van der Waals surface area contributed by atoms with E-state index >= 15 is 0 Å². The summed E-state index contributed by atoms with van der Waals surface area (Å²) in [7, 11) is 1.72. The number of aliphatic hydroxyl groups excluding tert-OH is 1. The van der Waals surface area contributed by atoms with Gasteiger partial charge in [-0.05, 0) is 69.6 Å². The lowest BCUT2D eigenvalue weighted by molar-refractivity contribution is 0.296. The predicted molar refractivity (Wildman–Crippen MR) is 134 cm³/mol. The molecule has 172 valence electrons. The van der Waals surface area contributed by atoms with E-state index in [-0.39, 0.29) is 18.4 Å². The first-order valence-electron chi connectivity index (χ1n) is 11.5. The number of benzene rings is 1. The highest BCUT2D eigenvalue weighted by molar-refractivity contribution is 8.13. The lowest BCUT2D eigenvalue weighted by Crippen LogP contribution is -2.19. The van der Waals surface area contributed by atoms with E-state index < -0.39 is 0 Å². The van der Waals surface area contributed by atoms with Crippen LogP contribution >= 0.6 is 11.8 Å². The Kier molecular flexibility index (Phi) is 10.7. The van der Waals surface area contributed by atoms with Crippen LogP contribution in [0.1, 0.15) is 76.3 Å². The van der Waals surface area contributed by atoms with Gasteiger partial charge in [-0.25, -0.2) is 4.99 Å². The van der Waals surface area contributed by atoms with Gasteiger partial charge in [-0.2, -0.15) is 0 Å². The van der Waals surface area contributed by atoms with Gasteiger partial charge in [0.25, 0.3) is 5.23 Å². The van der Waals surface area contributed by atoms with E-state index in [1.165, 1.54) is 23.8 Å². The molecule has 0 amide bonds. The molecule has 0 bridgehead atoms. The number of aryl methyl sites for hydroxylation is 1. The van der Waals surface area contributed by atoms with Gasteiger partial charge in [-0.15, -0.1) is 0 Å². The normalized spacial score (nSPS) is 19.3. The molecule has 1 aromatic rings. The number of allylic oxidation sites excluding steroid dienone is 3. The monoisotopic (exact) mass is 445 g/mol. The van der Waals surface area contributed by atoms with Crippen molar-refractivity contribution in [2.45, 2.75) is 71.6 Å². The maximum Gasteiger partial charge on any atom is 0.251 e. The molecule has 0 aliphatic heterocycles. The van der Waals surface area contributed by atoms with Gasteiger partial charge in [0.15, 0.2) is 0 Å². The second kappa shape index (κ2) is 13.0.